The van der Waals surface area contributed by atoms with Crippen LogP contribution < -0.4 is 5.73 Å². The summed E-state index contributed by atoms with van der Waals surface area (Å²) in [5.74, 6) is 0. The van der Waals surface area contributed by atoms with Crippen LogP contribution in [-0.4, -0.2) is 37.7 Å². The van der Waals surface area contributed by atoms with Crippen molar-refractivity contribution in [2.75, 3.05) is 26.7 Å². The Labute approximate surface area is 101 Å². The van der Waals surface area contributed by atoms with Crippen LogP contribution in [0.1, 0.15) is 21.4 Å². The number of nitrogens with two attached hydrogens (primary N) is 1. The molecule has 1 fully saturated rings. The number of thiophene rings is 1. The summed E-state index contributed by atoms with van der Waals surface area (Å²) in [5, 5.41) is 0. The second-order valence-electron chi connectivity index (χ2n) is 4.44. The Bertz CT molecular complexity index is 364. The summed E-state index contributed by atoms with van der Waals surface area (Å²) >= 11 is 1.85. The number of ether oxygens (including phenoxy) is 1. The van der Waals surface area contributed by atoms with E-state index in [1.54, 1.807) is 0 Å². The van der Waals surface area contributed by atoms with E-state index < -0.39 is 0 Å². The highest BCUT2D eigenvalue weighted by atomic mass is 32.1. The maximum absolute atomic E-state index is 5.80. The summed E-state index contributed by atoms with van der Waals surface area (Å²) < 4.78 is 5.77. The molecule has 16 heavy (non-hydrogen) atoms. The average molecular weight is 240 g/mol. The van der Waals surface area contributed by atoms with Crippen molar-refractivity contribution in [2.45, 2.75) is 26.0 Å². The molecule has 0 aliphatic carbocycles. The first-order valence-corrected chi connectivity index (χ1v) is 6.54. The molecule has 1 saturated heterocycles. The van der Waals surface area contributed by atoms with Crippen molar-refractivity contribution in [1.82, 2.24) is 4.90 Å². The highest BCUT2D eigenvalue weighted by Gasteiger charge is 2.32. The maximum atomic E-state index is 5.80. The lowest BCUT2D eigenvalue weighted by atomic mass is 9.99. The van der Waals surface area contributed by atoms with Crippen molar-refractivity contribution in [2.24, 2.45) is 5.73 Å². The zero-order valence-electron chi connectivity index (χ0n) is 10.2. The quantitative estimate of drug-likeness (QED) is 0.855. The normalized spacial score (nSPS) is 27.2. The predicted molar refractivity (Wildman–Crippen MR) is 68.0 cm³/mol. The van der Waals surface area contributed by atoms with E-state index in [2.05, 4.69) is 31.9 Å². The Morgan fingerprint density at radius 3 is 2.88 bits per heavy atom. The number of aryl methyl sites for hydroxylation is 2. The molecule has 1 aromatic heterocycles. The third-order valence-corrected chi connectivity index (χ3v) is 4.21. The highest BCUT2D eigenvalue weighted by Crippen LogP contribution is 2.34. The van der Waals surface area contributed by atoms with Crippen LogP contribution in [0.2, 0.25) is 0 Å². The number of morpholine rings is 1. The first-order chi connectivity index (χ1) is 7.63. The molecule has 2 N–H and O–H groups in total. The molecule has 2 atom stereocenters. The van der Waals surface area contributed by atoms with Gasteiger partial charge in [0.2, 0.25) is 0 Å². The second kappa shape index (κ2) is 4.84. The molecule has 2 rings (SSSR count). The van der Waals surface area contributed by atoms with Gasteiger partial charge in [-0.3, -0.25) is 4.90 Å². The lowest BCUT2D eigenvalue weighted by Gasteiger charge is -2.38. The Balaban J connectivity index is 2.31. The van der Waals surface area contributed by atoms with Gasteiger partial charge in [0.15, 0.2) is 0 Å². The molecule has 90 valence electrons. The van der Waals surface area contributed by atoms with Crippen LogP contribution in [0.15, 0.2) is 6.07 Å². The fourth-order valence-corrected chi connectivity index (χ4v) is 3.41. The fraction of sp³-hybridized carbons (Fsp3) is 0.667. The van der Waals surface area contributed by atoms with E-state index in [9.17, 15) is 0 Å². The number of likely N-dealkylation sites (N-methyl/N-ethyl adjacent to an activating group) is 1. The van der Waals surface area contributed by atoms with Crippen molar-refractivity contribution in [3.05, 3.63) is 21.4 Å². The van der Waals surface area contributed by atoms with Gasteiger partial charge in [-0.1, -0.05) is 0 Å². The topological polar surface area (TPSA) is 38.5 Å². The second-order valence-corrected chi connectivity index (χ2v) is 5.90. The number of rotatable bonds is 2. The number of hydrogen-bond acceptors (Lipinski definition) is 4. The van der Waals surface area contributed by atoms with E-state index in [1.807, 2.05) is 11.3 Å². The van der Waals surface area contributed by atoms with Gasteiger partial charge in [0.1, 0.15) is 0 Å². The van der Waals surface area contributed by atoms with Gasteiger partial charge in [-0.25, -0.2) is 0 Å². The molecule has 4 heteroatoms. The van der Waals surface area contributed by atoms with Crippen LogP contribution in [0.5, 0.6) is 0 Å². The summed E-state index contributed by atoms with van der Waals surface area (Å²) in [6.45, 7) is 6.70. The monoisotopic (exact) mass is 240 g/mol. The smallest absolute Gasteiger partial charge is 0.0894 e. The van der Waals surface area contributed by atoms with Crippen LogP contribution in [0.3, 0.4) is 0 Å². The van der Waals surface area contributed by atoms with E-state index >= 15 is 0 Å². The molecule has 3 nitrogen and oxygen atoms in total. The van der Waals surface area contributed by atoms with Crippen molar-refractivity contribution < 1.29 is 4.74 Å². The first-order valence-electron chi connectivity index (χ1n) is 5.72. The first kappa shape index (κ1) is 12.0. The molecule has 2 heterocycles. The summed E-state index contributed by atoms with van der Waals surface area (Å²) in [5.41, 5.74) is 7.19. The minimum atomic E-state index is 0.131. The molecule has 1 aromatic rings. The van der Waals surface area contributed by atoms with Gasteiger partial charge >= 0.3 is 0 Å². The summed E-state index contributed by atoms with van der Waals surface area (Å²) in [6.07, 6.45) is 0.131. The largest absolute Gasteiger partial charge is 0.374 e. The third-order valence-electron chi connectivity index (χ3n) is 3.23. The van der Waals surface area contributed by atoms with Gasteiger partial charge < -0.3 is 10.5 Å². The lowest BCUT2D eigenvalue weighted by Crippen LogP contribution is -2.46. The van der Waals surface area contributed by atoms with E-state index in [4.69, 9.17) is 10.5 Å². The van der Waals surface area contributed by atoms with Gasteiger partial charge in [0.25, 0.3) is 0 Å². The Morgan fingerprint density at radius 1 is 1.56 bits per heavy atom. The molecule has 0 amide bonds. The van der Waals surface area contributed by atoms with E-state index in [0.29, 0.717) is 12.6 Å². The van der Waals surface area contributed by atoms with Gasteiger partial charge in [-0.2, -0.15) is 0 Å². The summed E-state index contributed by atoms with van der Waals surface area (Å²) in [4.78, 5) is 5.11. The minimum absolute atomic E-state index is 0.131. The highest BCUT2D eigenvalue weighted by molar-refractivity contribution is 7.12. The van der Waals surface area contributed by atoms with Crippen LogP contribution in [0.25, 0.3) is 0 Å². The van der Waals surface area contributed by atoms with Crippen molar-refractivity contribution in [3.63, 3.8) is 0 Å². The molecule has 0 saturated carbocycles. The van der Waals surface area contributed by atoms with Crippen LogP contribution in [-0.2, 0) is 4.74 Å². The van der Waals surface area contributed by atoms with Crippen LogP contribution >= 0.6 is 11.3 Å². The minimum Gasteiger partial charge on any atom is -0.374 e. The molecule has 2 unspecified atom stereocenters. The molecular weight excluding hydrogens is 220 g/mol. The van der Waals surface area contributed by atoms with Crippen molar-refractivity contribution >= 4 is 11.3 Å². The molecular formula is C12H20N2OS. The van der Waals surface area contributed by atoms with E-state index in [-0.39, 0.29) is 6.10 Å². The van der Waals surface area contributed by atoms with E-state index in [1.165, 1.54) is 15.3 Å². The lowest BCUT2D eigenvalue weighted by molar-refractivity contribution is -0.0577. The Kier molecular flexibility index (Phi) is 3.64. The third kappa shape index (κ3) is 2.15. The Hall–Kier alpha value is -0.420. The van der Waals surface area contributed by atoms with Gasteiger partial charge in [-0.05, 0) is 32.5 Å². The molecule has 0 spiro atoms. The molecule has 0 bridgehead atoms. The van der Waals surface area contributed by atoms with E-state index in [0.717, 1.165) is 13.2 Å². The van der Waals surface area contributed by atoms with Crippen molar-refractivity contribution in [1.29, 1.82) is 0 Å². The van der Waals surface area contributed by atoms with Gasteiger partial charge in [0, 0.05) is 22.8 Å². The molecule has 0 aromatic carbocycles. The number of hydrogen-bond donors (Lipinski definition) is 1. The molecule has 0 radical (unpaired) electrons. The maximum Gasteiger partial charge on any atom is 0.0894 e. The zero-order chi connectivity index (χ0) is 11.7. The molecule has 1 aliphatic rings. The van der Waals surface area contributed by atoms with Crippen molar-refractivity contribution in [3.8, 4) is 0 Å². The predicted octanol–water partition coefficient (Wildman–Crippen LogP) is 1.70. The Morgan fingerprint density at radius 2 is 2.31 bits per heavy atom. The van der Waals surface area contributed by atoms with Crippen LogP contribution in [0, 0.1) is 13.8 Å². The number of nitrogens with zero attached hydrogens (tertiary/aromatic N) is 1. The summed E-state index contributed by atoms with van der Waals surface area (Å²) in [7, 11) is 2.16. The summed E-state index contributed by atoms with van der Waals surface area (Å²) in [6, 6.07) is 2.60. The standard InChI is InChI=1S/C12H20N2OS/c1-8-6-10(9(2)16-8)12-11(7-13)15-5-4-14(12)3/h6,11-12H,4-5,7,13H2,1-3H3. The van der Waals surface area contributed by atoms with Crippen LogP contribution in [0.4, 0.5) is 0 Å². The molecule has 1 aliphatic heterocycles. The average Bonchev–Trinajstić information content (AvgIpc) is 2.57. The zero-order valence-corrected chi connectivity index (χ0v) is 11.0. The SMILES string of the molecule is Cc1cc(C2C(CN)OCCN2C)c(C)s1. The van der Waals surface area contributed by atoms with Gasteiger partial charge in [-0.15, -0.1) is 11.3 Å². The van der Waals surface area contributed by atoms with Gasteiger partial charge in [0.05, 0.1) is 18.8 Å². The fourth-order valence-electron chi connectivity index (χ4n) is 2.44.